The van der Waals surface area contributed by atoms with Crippen molar-refractivity contribution in [1.29, 1.82) is 0 Å². The molecule has 0 aliphatic rings. The highest BCUT2D eigenvalue weighted by atomic mass is 14.9. The van der Waals surface area contributed by atoms with E-state index < -0.39 is 0 Å². The summed E-state index contributed by atoms with van der Waals surface area (Å²) in [6.07, 6.45) is 9.66. The largest absolute Gasteiger partial charge is 0.317 e. The van der Waals surface area contributed by atoms with E-state index in [9.17, 15) is 0 Å². The number of rotatable bonds is 13. The van der Waals surface area contributed by atoms with Crippen molar-refractivity contribution in [2.45, 2.75) is 45.1 Å². The van der Waals surface area contributed by atoms with E-state index in [4.69, 9.17) is 0 Å². The van der Waals surface area contributed by atoms with Crippen molar-refractivity contribution in [2.75, 3.05) is 19.6 Å². The van der Waals surface area contributed by atoms with Gasteiger partial charge in [0.15, 0.2) is 0 Å². The Labute approximate surface area is 124 Å². The summed E-state index contributed by atoms with van der Waals surface area (Å²) in [7, 11) is 0. The fraction of sp³-hybridized carbons (Fsp3) is 0.556. The van der Waals surface area contributed by atoms with E-state index in [0.29, 0.717) is 0 Å². The normalized spacial score (nSPS) is 10.6. The lowest BCUT2D eigenvalue weighted by atomic mass is 10.1. The molecule has 2 nitrogen and oxygen atoms in total. The molecule has 0 amide bonds. The molecule has 0 aliphatic carbocycles. The van der Waals surface area contributed by atoms with Crippen LogP contribution < -0.4 is 10.6 Å². The second-order valence-electron chi connectivity index (χ2n) is 5.26. The molecule has 0 fully saturated rings. The summed E-state index contributed by atoms with van der Waals surface area (Å²) in [6.45, 7) is 8.08. The number of hydrogen-bond acceptors (Lipinski definition) is 2. The zero-order chi connectivity index (χ0) is 14.3. The maximum atomic E-state index is 3.74. The molecular formula is C18H30N2. The van der Waals surface area contributed by atoms with Gasteiger partial charge in [0.1, 0.15) is 0 Å². The number of allylic oxidation sites excluding steroid dienone is 1. The van der Waals surface area contributed by atoms with Crippen LogP contribution in [0.25, 0.3) is 0 Å². The highest BCUT2D eigenvalue weighted by Gasteiger charge is 1.92. The van der Waals surface area contributed by atoms with E-state index in [0.717, 1.165) is 26.2 Å². The molecule has 0 aliphatic heterocycles. The minimum absolute atomic E-state index is 0.976. The minimum atomic E-state index is 0.976. The smallest absolute Gasteiger partial charge is 0.0205 e. The van der Waals surface area contributed by atoms with Crippen molar-refractivity contribution in [3.63, 3.8) is 0 Å². The van der Waals surface area contributed by atoms with Crippen LogP contribution in [0.1, 0.15) is 44.1 Å². The van der Waals surface area contributed by atoms with Gasteiger partial charge in [0.25, 0.3) is 0 Å². The Morgan fingerprint density at radius 1 is 0.800 bits per heavy atom. The van der Waals surface area contributed by atoms with Gasteiger partial charge in [-0.1, -0.05) is 49.2 Å². The Hall–Kier alpha value is -1.12. The molecule has 1 rings (SSSR count). The molecule has 0 saturated heterocycles. The molecule has 0 heterocycles. The molecule has 0 aromatic heterocycles. The van der Waals surface area contributed by atoms with Crippen LogP contribution in [0.5, 0.6) is 0 Å². The fourth-order valence-electron chi connectivity index (χ4n) is 2.18. The molecular weight excluding hydrogens is 244 g/mol. The summed E-state index contributed by atoms with van der Waals surface area (Å²) in [5.41, 5.74) is 1.36. The van der Waals surface area contributed by atoms with Gasteiger partial charge < -0.3 is 10.6 Å². The lowest BCUT2D eigenvalue weighted by Crippen LogP contribution is -2.22. The van der Waals surface area contributed by atoms with Crippen LogP contribution in [0, 0.1) is 0 Å². The summed E-state index contributed by atoms with van der Waals surface area (Å²) in [6, 6.07) is 10.6. The molecule has 0 unspecified atom stereocenters. The van der Waals surface area contributed by atoms with Crippen molar-refractivity contribution >= 4 is 0 Å². The summed E-state index contributed by atoms with van der Waals surface area (Å²) in [4.78, 5) is 0. The first-order valence-corrected chi connectivity index (χ1v) is 7.99. The predicted octanol–water partition coefficient (Wildman–Crippen LogP) is 3.89. The average molecular weight is 274 g/mol. The van der Waals surface area contributed by atoms with Crippen molar-refractivity contribution in [2.24, 2.45) is 0 Å². The van der Waals surface area contributed by atoms with Crippen LogP contribution in [-0.4, -0.2) is 19.6 Å². The van der Waals surface area contributed by atoms with Gasteiger partial charge >= 0.3 is 0 Å². The molecule has 112 valence electrons. The van der Waals surface area contributed by atoms with Crippen LogP contribution >= 0.6 is 0 Å². The van der Waals surface area contributed by atoms with Crippen molar-refractivity contribution < 1.29 is 0 Å². The van der Waals surface area contributed by atoms with Crippen molar-refractivity contribution in [1.82, 2.24) is 10.6 Å². The lowest BCUT2D eigenvalue weighted by molar-refractivity contribution is 0.561. The third-order valence-electron chi connectivity index (χ3n) is 3.39. The maximum absolute atomic E-state index is 3.74. The molecule has 2 heteroatoms. The Balaban J connectivity index is 1.78. The van der Waals surface area contributed by atoms with Gasteiger partial charge in [0.05, 0.1) is 0 Å². The average Bonchev–Trinajstić information content (AvgIpc) is 2.49. The molecule has 0 bridgehead atoms. The van der Waals surface area contributed by atoms with Crippen LogP contribution in [-0.2, 0) is 6.54 Å². The third kappa shape index (κ3) is 9.76. The van der Waals surface area contributed by atoms with E-state index in [2.05, 4.69) is 47.5 Å². The van der Waals surface area contributed by atoms with E-state index in [1.807, 2.05) is 6.08 Å². The van der Waals surface area contributed by atoms with Crippen LogP contribution in [0.3, 0.4) is 0 Å². The Kier molecular flexibility index (Phi) is 10.9. The standard InChI is InChI=1S/C18H30N2/c1-2-3-4-5-6-10-14-19-15-11-16-20-17-18-12-8-7-9-13-18/h2,7-9,12-13,19-20H,1,3-6,10-11,14-17H2. The molecule has 1 aromatic carbocycles. The summed E-state index contributed by atoms with van der Waals surface area (Å²) < 4.78 is 0. The monoisotopic (exact) mass is 274 g/mol. The first-order valence-electron chi connectivity index (χ1n) is 7.99. The molecule has 20 heavy (non-hydrogen) atoms. The highest BCUT2D eigenvalue weighted by Crippen LogP contribution is 2.02. The van der Waals surface area contributed by atoms with Gasteiger partial charge in [-0.25, -0.2) is 0 Å². The second-order valence-corrected chi connectivity index (χ2v) is 5.26. The van der Waals surface area contributed by atoms with Crippen LogP contribution in [0.2, 0.25) is 0 Å². The Morgan fingerprint density at radius 3 is 2.30 bits per heavy atom. The fourth-order valence-corrected chi connectivity index (χ4v) is 2.18. The number of hydrogen-bond donors (Lipinski definition) is 2. The van der Waals surface area contributed by atoms with Gasteiger partial charge in [0, 0.05) is 6.54 Å². The second kappa shape index (κ2) is 12.9. The Bertz CT molecular complexity index is 321. The third-order valence-corrected chi connectivity index (χ3v) is 3.39. The highest BCUT2D eigenvalue weighted by molar-refractivity contribution is 5.14. The van der Waals surface area contributed by atoms with Gasteiger partial charge in [-0.2, -0.15) is 0 Å². The lowest BCUT2D eigenvalue weighted by Gasteiger charge is -2.06. The van der Waals surface area contributed by atoms with Gasteiger partial charge in [-0.05, 0) is 50.9 Å². The number of benzene rings is 1. The molecule has 0 radical (unpaired) electrons. The first-order chi connectivity index (χ1) is 9.93. The summed E-state index contributed by atoms with van der Waals surface area (Å²) in [5, 5.41) is 6.99. The van der Waals surface area contributed by atoms with Crippen molar-refractivity contribution in [3.05, 3.63) is 48.6 Å². The van der Waals surface area contributed by atoms with Gasteiger partial charge in [-0.15, -0.1) is 6.58 Å². The van der Waals surface area contributed by atoms with Gasteiger partial charge in [-0.3, -0.25) is 0 Å². The van der Waals surface area contributed by atoms with Crippen LogP contribution in [0.15, 0.2) is 43.0 Å². The summed E-state index contributed by atoms with van der Waals surface area (Å²) in [5.74, 6) is 0. The van der Waals surface area contributed by atoms with E-state index in [-0.39, 0.29) is 0 Å². The maximum Gasteiger partial charge on any atom is 0.0205 e. The molecule has 2 N–H and O–H groups in total. The van der Waals surface area contributed by atoms with Gasteiger partial charge in [0.2, 0.25) is 0 Å². The van der Waals surface area contributed by atoms with Crippen molar-refractivity contribution in [3.8, 4) is 0 Å². The molecule has 1 aromatic rings. The molecule has 0 spiro atoms. The molecule has 0 atom stereocenters. The minimum Gasteiger partial charge on any atom is -0.317 e. The molecule has 0 saturated carbocycles. The van der Waals surface area contributed by atoms with Crippen LogP contribution in [0.4, 0.5) is 0 Å². The topological polar surface area (TPSA) is 24.1 Å². The van der Waals surface area contributed by atoms with E-state index in [1.165, 1.54) is 44.1 Å². The number of unbranched alkanes of at least 4 members (excludes halogenated alkanes) is 4. The quantitative estimate of drug-likeness (QED) is 0.421. The zero-order valence-corrected chi connectivity index (χ0v) is 12.7. The SMILES string of the molecule is C=CCCCCCCNCCCNCc1ccccc1. The Morgan fingerprint density at radius 2 is 1.50 bits per heavy atom. The predicted molar refractivity (Wildman–Crippen MR) is 88.9 cm³/mol. The first kappa shape index (κ1) is 16.9. The van der Waals surface area contributed by atoms with E-state index in [1.54, 1.807) is 0 Å². The zero-order valence-electron chi connectivity index (χ0n) is 12.7. The summed E-state index contributed by atoms with van der Waals surface area (Å²) >= 11 is 0. The number of nitrogens with one attached hydrogen (secondary N) is 2. The van der Waals surface area contributed by atoms with E-state index >= 15 is 0 Å².